The van der Waals surface area contributed by atoms with E-state index in [-0.39, 0.29) is 0 Å². The number of rotatable bonds is 3. The summed E-state index contributed by atoms with van der Waals surface area (Å²) in [5.74, 6) is 1.80. The van der Waals surface area contributed by atoms with Crippen LogP contribution in [0.5, 0.6) is 0 Å². The van der Waals surface area contributed by atoms with E-state index in [0.29, 0.717) is 11.6 Å². The summed E-state index contributed by atoms with van der Waals surface area (Å²) in [5, 5.41) is 8.49. The van der Waals surface area contributed by atoms with Crippen LogP contribution in [0.2, 0.25) is 0 Å². The summed E-state index contributed by atoms with van der Waals surface area (Å²) >= 11 is 0. The molecule has 0 amide bonds. The Bertz CT molecular complexity index is 1430. The largest absolute Gasteiger partial charge is 0.383 e. The molecular weight excluding hydrogens is 388 g/mol. The zero-order chi connectivity index (χ0) is 20.9. The van der Waals surface area contributed by atoms with E-state index in [4.69, 9.17) is 15.7 Å². The number of benzene rings is 1. The molecule has 1 aliphatic rings. The molecule has 5 aromatic rings. The van der Waals surface area contributed by atoms with Gasteiger partial charge in [-0.05, 0) is 73.2 Å². The quantitative estimate of drug-likeness (QED) is 0.491. The highest BCUT2D eigenvalue weighted by Gasteiger charge is 2.21. The maximum absolute atomic E-state index is 6.25. The number of fused-ring (bicyclic) bond motifs is 2. The van der Waals surface area contributed by atoms with Gasteiger partial charge in [-0.2, -0.15) is 10.2 Å². The Morgan fingerprint density at radius 3 is 2.61 bits per heavy atom. The molecular formula is C23H20N8. The van der Waals surface area contributed by atoms with Crippen LogP contribution in [0, 0.1) is 6.92 Å². The molecule has 0 fully saturated rings. The molecule has 0 atom stereocenters. The third-order valence-corrected chi connectivity index (χ3v) is 5.84. The van der Waals surface area contributed by atoms with Crippen LogP contribution in [0.3, 0.4) is 0 Å². The van der Waals surface area contributed by atoms with Crippen molar-refractivity contribution in [3.05, 3.63) is 71.7 Å². The third kappa shape index (κ3) is 2.79. The van der Waals surface area contributed by atoms with Gasteiger partial charge in [-0.1, -0.05) is 6.07 Å². The number of hydrogen-bond acceptors (Lipinski definition) is 6. The minimum atomic E-state index is 0.437. The number of anilines is 1. The van der Waals surface area contributed by atoms with Crippen LogP contribution in [-0.2, 0) is 12.8 Å². The Labute approximate surface area is 178 Å². The van der Waals surface area contributed by atoms with Gasteiger partial charge in [0.05, 0.1) is 18.0 Å². The van der Waals surface area contributed by atoms with E-state index in [1.807, 2.05) is 25.1 Å². The first kappa shape index (κ1) is 17.8. The molecule has 0 radical (unpaired) electrons. The zero-order valence-electron chi connectivity index (χ0n) is 17.0. The van der Waals surface area contributed by atoms with E-state index in [2.05, 4.69) is 37.9 Å². The number of nitrogen functional groups attached to an aromatic ring is 1. The summed E-state index contributed by atoms with van der Waals surface area (Å²) in [4.78, 5) is 15.7. The molecule has 31 heavy (non-hydrogen) atoms. The topological polar surface area (TPSA) is 100 Å². The van der Waals surface area contributed by atoms with E-state index in [1.54, 1.807) is 18.6 Å². The van der Waals surface area contributed by atoms with Gasteiger partial charge in [-0.15, -0.1) is 4.80 Å². The fourth-order valence-corrected chi connectivity index (χ4v) is 4.35. The van der Waals surface area contributed by atoms with E-state index >= 15 is 0 Å². The van der Waals surface area contributed by atoms with Crippen LogP contribution < -0.4 is 5.73 Å². The lowest BCUT2D eigenvalue weighted by Crippen LogP contribution is -2.05. The first-order valence-electron chi connectivity index (χ1n) is 10.3. The summed E-state index contributed by atoms with van der Waals surface area (Å²) in [6.07, 6.45) is 8.39. The van der Waals surface area contributed by atoms with Gasteiger partial charge in [0.1, 0.15) is 11.3 Å². The van der Waals surface area contributed by atoms with Gasteiger partial charge in [0.15, 0.2) is 17.3 Å². The van der Waals surface area contributed by atoms with Crippen LogP contribution in [0.4, 0.5) is 5.82 Å². The fraction of sp³-hybridized carbons (Fsp3) is 0.174. The Hall–Kier alpha value is -4.07. The lowest BCUT2D eigenvalue weighted by Gasteiger charge is -2.12. The number of hydrogen-bond donors (Lipinski definition) is 1. The van der Waals surface area contributed by atoms with Gasteiger partial charge >= 0.3 is 0 Å². The van der Waals surface area contributed by atoms with E-state index < -0.39 is 0 Å². The molecule has 1 aliphatic carbocycles. The lowest BCUT2D eigenvalue weighted by atomic mass is 10.1. The zero-order valence-corrected chi connectivity index (χ0v) is 17.0. The van der Waals surface area contributed by atoms with Gasteiger partial charge in [-0.3, -0.25) is 4.57 Å². The predicted octanol–water partition coefficient (Wildman–Crippen LogP) is 3.44. The first-order chi connectivity index (χ1) is 15.2. The lowest BCUT2D eigenvalue weighted by molar-refractivity contribution is 0.730. The molecule has 0 saturated heterocycles. The highest BCUT2D eigenvalue weighted by Crippen LogP contribution is 2.33. The van der Waals surface area contributed by atoms with Gasteiger partial charge in [0.25, 0.3) is 0 Å². The molecule has 152 valence electrons. The summed E-state index contributed by atoms with van der Waals surface area (Å²) in [7, 11) is 0. The van der Waals surface area contributed by atoms with Crippen molar-refractivity contribution in [2.75, 3.05) is 5.73 Å². The van der Waals surface area contributed by atoms with Crippen molar-refractivity contribution in [1.82, 2.24) is 34.5 Å². The standard InChI is InChI=1S/C23H20N8/c1-14-12-19(31-26-10-11-27-31)28-23-20(14)29-22(18-6-3-9-25-21(18)24)30(23)17-8-7-15-4-2-5-16(15)13-17/h3,6-13H,2,4-5H2,1H3,(H2,24,25). The van der Waals surface area contributed by atoms with Crippen molar-refractivity contribution < 1.29 is 0 Å². The van der Waals surface area contributed by atoms with E-state index in [0.717, 1.165) is 46.6 Å². The molecule has 4 heterocycles. The number of aromatic nitrogens is 7. The molecule has 0 bridgehead atoms. The third-order valence-electron chi connectivity index (χ3n) is 5.84. The van der Waals surface area contributed by atoms with Crippen molar-refractivity contribution in [3.8, 4) is 22.9 Å². The van der Waals surface area contributed by atoms with Crippen LogP contribution in [-0.4, -0.2) is 34.5 Å². The van der Waals surface area contributed by atoms with Crippen molar-refractivity contribution >= 4 is 17.0 Å². The Morgan fingerprint density at radius 1 is 0.935 bits per heavy atom. The maximum Gasteiger partial charge on any atom is 0.176 e. The molecule has 0 aliphatic heterocycles. The van der Waals surface area contributed by atoms with Crippen LogP contribution in [0.1, 0.15) is 23.1 Å². The summed E-state index contributed by atoms with van der Waals surface area (Å²) in [6, 6.07) is 12.4. The van der Waals surface area contributed by atoms with Crippen molar-refractivity contribution in [2.45, 2.75) is 26.2 Å². The smallest absolute Gasteiger partial charge is 0.176 e. The van der Waals surface area contributed by atoms with Crippen molar-refractivity contribution in [1.29, 1.82) is 0 Å². The SMILES string of the molecule is Cc1cc(-n2nccn2)nc2c1nc(-c1cccnc1N)n2-c1ccc2c(c1)CCC2. The van der Waals surface area contributed by atoms with Gasteiger partial charge in [-0.25, -0.2) is 15.0 Å². The van der Waals surface area contributed by atoms with Crippen LogP contribution in [0.25, 0.3) is 34.1 Å². The van der Waals surface area contributed by atoms with E-state index in [1.165, 1.54) is 22.3 Å². The molecule has 1 aromatic carbocycles. The number of pyridine rings is 2. The summed E-state index contributed by atoms with van der Waals surface area (Å²) < 4.78 is 2.07. The molecule has 4 aromatic heterocycles. The predicted molar refractivity (Wildman–Crippen MR) is 118 cm³/mol. The number of nitrogens with zero attached hydrogens (tertiary/aromatic N) is 7. The second-order valence-electron chi connectivity index (χ2n) is 7.80. The number of aryl methyl sites for hydroxylation is 3. The Kier molecular flexibility index (Phi) is 3.86. The first-order valence-corrected chi connectivity index (χ1v) is 10.3. The van der Waals surface area contributed by atoms with Gasteiger partial charge in [0.2, 0.25) is 0 Å². The van der Waals surface area contributed by atoms with Crippen LogP contribution >= 0.6 is 0 Å². The highest BCUT2D eigenvalue weighted by molar-refractivity contribution is 5.85. The molecule has 6 rings (SSSR count). The summed E-state index contributed by atoms with van der Waals surface area (Å²) in [6.45, 7) is 2.02. The maximum atomic E-state index is 6.25. The average Bonchev–Trinajstić information content (AvgIpc) is 3.52. The molecule has 0 saturated carbocycles. The second kappa shape index (κ2) is 6.73. The van der Waals surface area contributed by atoms with Crippen molar-refractivity contribution in [2.24, 2.45) is 0 Å². The number of nitrogens with two attached hydrogens (primary N) is 1. The molecule has 0 unspecified atom stereocenters. The molecule has 0 spiro atoms. The number of imidazole rings is 1. The van der Waals surface area contributed by atoms with E-state index in [9.17, 15) is 0 Å². The Morgan fingerprint density at radius 2 is 1.77 bits per heavy atom. The normalized spacial score (nSPS) is 13.1. The minimum absolute atomic E-state index is 0.437. The molecule has 8 heteroatoms. The van der Waals surface area contributed by atoms with Gasteiger partial charge in [0, 0.05) is 11.9 Å². The van der Waals surface area contributed by atoms with Gasteiger partial charge < -0.3 is 5.73 Å². The highest BCUT2D eigenvalue weighted by atomic mass is 15.5. The molecule has 2 N–H and O–H groups in total. The fourth-order valence-electron chi connectivity index (χ4n) is 4.35. The average molecular weight is 408 g/mol. The van der Waals surface area contributed by atoms with Crippen LogP contribution in [0.15, 0.2) is 55.0 Å². The molecule has 8 nitrogen and oxygen atoms in total. The minimum Gasteiger partial charge on any atom is -0.383 e. The second-order valence-corrected chi connectivity index (χ2v) is 7.80. The Balaban J connectivity index is 1.68. The van der Waals surface area contributed by atoms with Crippen molar-refractivity contribution in [3.63, 3.8) is 0 Å². The monoisotopic (exact) mass is 408 g/mol. The summed E-state index contributed by atoms with van der Waals surface area (Å²) in [5.41, 5.74) is 13.4.